The van der Waals surface area contributed by atoms with Crippen molar-refractivity contribution in [1.82, 2.24) is 4.98 Å². The number of halogens is 1. The molecule has 0 radical (unpaired) electrons. The molecule has 2 rings (SSSR count). The minimum Gasteiger partial charge on any atom is -0.319 e. The molecule has 0 amide bonds. The lowest BCUT2D eigenvalue weighted by Gasteiger charge is -1.99. The van der Waals surface area contributed by atoms with Crippen molar-refractivity contribution in [1.29, 1.82) is 0 Å². The molecule has 3 heteroatoms. The Hall–Kier alpha value is -1.90. The molecule has 0 aliphatic carbocycles. The van der Waals surface area contributed by atoms with E-state index in [1.54, 1.807) is 6.07 Å². The van der Waals surface area contributed by atoms with Crippen LogP contribution in [0, 0.1) is 5.82 Å². The van der Waals surface area contributed by atoms with Crippen LogP contribution in [-0.4, -0.2) is 4.98 Å². The fourth-order valence-electron chi connectivity index (χ4n) is 1.24. The van der Waals surface area contributed by atoms with Gasteiger partial charge in [-0.3, -0.25) is 4.79 Å². The van der Waals surface area contributed by atoms with E-state index in [1.165, 1.54) is 6.07 Å². The topological polar surface area (TPSA) is 32.9 Å². The van der Waals surface area contributed by atoms with Crippen LogP contribution >= 0.6 is 0 Å². The quantitative estimate of drug-likeness (QED) is 0.732. The van der Waals surface area contributed by atoms with Gasteiger partial charge in [-0.1, -0.05) is 30.3 Å². The summed E-state index contributed by atoms with van der Waals surface area (Å²) in [5.41, 5.74) is 0.799. The van der Waals surface area contributed by atoms with Gasteiger partial charge in [-0.05, 0) is 17.7 Å². The molecule has 70 valence electrons. The lowest BCUT2D eigenvalue weighted by Crippen LogP contribution is -2.10. The minimum absolute atomic E-state index is 0.622. The second-order valence-corrected chi connectivity index (χ2v) is 2.92. The number of benzene rings is 1. The Balaban J connectivity index is 2.54. The van der Waals surface area contributed by atoms with Crippen LogP contribution in [0.25, 0.3) is 11.3 Å². The van der Waals surface area contributed by atoms with E-state index in [2.05, 4.69) is 4.98 Å². The smallest absolute Gasteiger partial charge is 0.284 e. The van der Waals surface area contributed by atoms with Crippen LogP contribution in [0.1, 0.15) is 0 Å². The molecule has 0 spiro atoms. The third kappa shape index (κ3) is 1.57. The van der Waals surface area contributed by atoms with Gasteiger partial charge in [0.1, 0.15) is 0 Å². The summed E-state index contributed by atoms with van der Waals surface area (Å²) < 4.78 is 12.7. The largest absolute Gasteiger partial charge is 0.319 e. The average Bonchev–Trinajstić information content (AvgIpc) is 2.23. The molecular weight excluding hydrogens is 181 g/mol. The molecule has 0 saturated heterocycles. The summed E-state index contributed by atoms with van der Waals surface area (Å²) in [6, 6.07) is 12.0. The van der Waals surface area contributed by atoms with Crippen molar-refractivity contribution in [2.75, 3.05) is 0 Å². The first-order valence-electron chi connectivity index (χ1n) is 4.21. The van der Waals surface area contributed by atoms with E-state index in [-0.39, 0.29) is 0 Å². The first-order chi connectivity index (χ1) is 6.77. The summed E-state index contributed by atoms with van der Waals surface area (Å²) in [7, 11) is 0. The molecule has 1 aromatic heterocycles. The average molecular weight is 189 g/mol. The van der Waals surface area contributed by atoms with E-state index in [4.69, 9.17) is 0 Å². The Morgan fingerprint density at radius 1 is 1.00 bits per heavy atom. The molecule has 0 saturated carbocycles. The van der Waals surface area contributed by atoms with Crippen LogP contribution in [0.2, 0.25) is 0 Å². The van der Waals surface area contributed by atoms with Crippen LogP contribution < -0.4 is 5.56 Å². The normalized spacial score (nSPS) is 10.1. The van der Waals surface area contributed by atoms with Crippen molar-refractivity contribution in [2.45, 2.75) is 0 Å². The molecule has 0 atom stereocenters. The summed E-state index contributed by atoms with van der Waals surface area (Å²) in [6.07, 6.45) is 0. The monoisotopic (exact) mass is 189 g/mol. The van der Waals surface area contributed by atoms with Crippen molar-refractivity contribution < 1.29 is 4.39 Å². The van der Waals surface area contributed by atoms with Crippen molar-refractivity contribution in [3.05, 3.63) is 58.6 Å². The maximum atomic E-state index is 12.7. The van der Waals surface area contributed by atoms with Gasteiger partial charge in [-0.15, -0.1) is 0 Å². The summed E-state index contributed by atoms with van der Waals surface area (Å²) in [5.74, 6) is -0.760. The van der Waals surface area contributed by atoms with Gasteiger partial charge in [0.05, 0.1) is 0 Å². The van der Waals surface area contributed by atoms with Crippen molar-refractivity contribution >= 4 is 0 Å². The molecule has 1 aromatic carbocycles. The molecule has 1 N–H and O–H groups in total. The molecular formula is C11H8FNO. The summed E-state index contributed by atoms with van der Waals surface area (Å²) in [5, 5.41) is 0. The Labute approximate surface area is 80.0 Å². The van der Waals surface area contributed by atoms with Crippen LogP contribution in [0.15, 0.2) is 47.3 Å². The van der Waals surface area contributed by atoms with Crippen LogP contribution in [0.3, 0.4) is 0 Å². The molecule has 2 aromatic rings. The van der Waals surface area contributed by atoms with Gasteiger partial charge in [0.25, 0.3) is 5.56 Å². The van der Waals surface area contributed by atoms with Crippen molar-refractivity contribution in [3.63, 3.8) is 0 Å². The maximum Gasteiger partial charge on any atom is 0.284 e. The van der Waals surface area contributed by atoms with E-state index in [0.29, 0.717) is 5.69 Å². The first-order valence-corrected chi connectivity index (χ1v) is 4.21. The third-order valence-electron chi connectivity index (χ3n) is 1.95. The van der Waals surface area contributed by atoms with Gasteiger partial charge in [0, 0.05) is 5.69 Å². The second kappa shape index (κ2) is 3.46. The Morgan fingerprint density at radius 3 is 2.36 bits per heavy atom. The van der Waals surface area contributed by atoms with E-state index in [1.807, 2.05) is 30.3 Å². The van der Waals surface area contributed by atoms with E-state index >= 15 is 0 Å². The first kappa shape index (κ1) is 8.69. The number of rotatable bonds is 1. The van der Waals surface area contributed by atoms with Gasteiger partial charge >= 0.3 is 0 Å². The maximum absolute atomic E-state index is 12.7. The number of hydrogen-bond donors (Lipinski definition) is 1. The molecule has 0 aliphatic heterocycles. The van der Waals surface area contributed by atoms with Gasteiger partial charge < -0.3 is 4.98 Å². The molecule has 0 unspecified atom stereocenters. The molecule has 0 aliphatic rings. The predicted molar refractivity (Wildman–Crippen MR) is 52.5 cm³/mol. The highest BCUT2D eigenvalue weighted by molar-refractivity contribution is 5.58. The standard InChI is InChI=1S/C11H8FNO/c12-9-6-7-10(13-11(9)14)8-4-2-1-3-5-8/h1-7H,(H,13,14). The fourth-order valence-corrected chi connectivity index (χ4v) is 1.24. The second-order valence-electron chi connectivity index (χ2n) is 2.92. The zero-order valence-electron chi connectivity index (χ0n) is 7.33. The third-order valence-corrected chi connectivity index (χ3v) is 1.95. The van der Waals surface area contributed by atoms with Gasteiger partial charge in [0.2, 0.25) is 0 Å². The molecule has 0 fully saturated rings. The zero-order valence-corrected chi connectivity index (χ0v) is 7.33. The molecule has 1 heterocycles. The van der Waals surface area contributed by atoms with Crippen LogP contribution in [0.5, 0.6) is 0 Å². The predicted octanol–water partition coefficient (Wildman–Crippen LogP) is 2.18. The summed E-state index contributed by atoms with van der Waals surface area (Å²) in [4.78, 5) is 13.4. The highest BCUT2D eigenvalue weighted by Gasteiger charge is 2.00. The van der Waals surface area contributed by atoms with Gasteiger partial charge in [-0.2, -0.15) is 0 Å². The zero-order chi connectivity index (χ0) is 9.97. The van der Waals surface area contributed by atoms with Gasteiger partial charge in [-0.25, -0.2) is 4.39 Å². The number of hydrogen-bond acceptors (Lipinski definition) is 1. The van der Waals surface area contributed by atoms with Crippen molar-refractivity contribution in [2.24, 2.45) is 0 Å². The Kier molecular flexibility index (Phi) is 2.14. The van der Waals surface area contributed by atoms with Crippen LogP contribution in [-0.2, 0) is 0 Å². The van der Waals surface area contributed by atoms with Crippen molar-refractivity contribution in [3.8, 4) is 11.3 Å². The SMILES string of the molecule is O=c1[nH]c(-c2ccccc2)ccc1F. The van der Waals surface area contributed by atoms with E-state index in [9.17, 15) is 9.18 Å². The van der Waals surface area contributed by atoms with Gasteiger partial charge in [0.15, 0.2) is 5.82 Å². The highest BCUT2D eigenvalue weighted by Crippen LogP contribution is 2.13. The Morgan fingerprint density at radius 2 is 1.71 bits per heavy atom. The lowest BCUT2D eigenvalue weighted by atomic mass is 10.1. The number of aromatic amines is 1. The lowest BCUT2D eigenvalue weighted by molar-refractivity contribution is 0.609. The summed E-state index contributed by atoms with van der Waals surface area (Å²) >= 11 is 0. The van der Waals surface area contributed by atoms with Crippen LogP contribution in [0.4, 0.5) is 4.39 Å². The number of H-pyrrole nitrogens is 1. The van der Waals surface area contributed by atoms with E-state index in [0.717, 1.165) is 5.56 Å². The summed E-state index contributed by atoms with van der Waals surface area (Å²) in [6.45, 7) is 0. The number of pyridine rings is 1. The fraction of sp³-hybridized carbons (Fsp3) is 0. The number of nitrogens with one attached hydrogen (secondary N) is 1. The molecule has 14 heavy (non-hydrogen) atoms. The molecule has 0 bridgehead atoms. The highest BCUT2D eigenvalue weighted by atomic mass is 19.1. The minimum atomic E-state index is -0.760. The Bertz CT molecular complexity index is 490. The molecule has 2 nitrogen and oxygen atoms in total. The van der Waals surface area contributed by atoms with E-state index < -0.39 is 11.4 Å². The number of aromatic nitrogens is 1.